The molecule has 1 atom stereocenters. The molecule has 1 aromatic heterocycles. The van der Waals surface area contributed by atoms with Gasteiger partial charge in [-0.1, -0.05) is 36.8 Å². The van der Waals surface area contributed by atoms with Gasteiger partial charge in [0.05, 0.1) is 0 Å². The number of nitrogens with zero attached hydrogens (tertiary/aromatic N) is 5. The first-order chi connectivity index (χ1) is 14.7. The van der Waals surface area contributed by atoms with Crippen molar-refractivity contribution in [2.24, 2.45) is 4.99 Å². The van der Waals surface area contributed by atoms with Gasteiger partial charge in [-0.3, -0.25) is 9.89 Å². The van der Waals surface area contributed by atoms with Crippen LogP contribution in [0.25, 0.3) is 0 Å². The van der Waals surface area contributed by atoms with Crippen LogP contribution in [0.4, 0.5) is 5.95 Å². The van der Waals surface area contributed by atoms with Gasteiger partial charge in [0.2, 0.25) is 5.95 Å². The molecule has 0 saturated carbocycles. The highest BCUT2D eigenvalue weighted by molar-refractivity contribution is 14.0. The van der Waals surface area contributed by atoms with Crippen LogP contribution in [0, 0.1) is 6.92 Å². The second kappa shape index (κ2) is 13.5. The smallest absolute Gasteiger partial charge is 0.225 e. The number of aromatic nitrogens is 2. The van der Waals surface area contributed by atoms with Crippen LogP contribution < -0.4 is 15.5 Å². The third kappa shape index (κ3) is 8.25. The summed E-state index contributed by atoms with van der Waals surface area (Å²) in [6.45, 7) is 13.9. The van der Waals surface area contributed by atoms with Crippen molar-refractivity contribution in [3.8, 4) is 0 Å². The van der Waals surface area contributed by atoms with Crippen molar-refractivity contribution in [3.63, 3.8) is 0 Å². The van der Waals surface area contributed by atoms with E-state index >= 15 is 0 Å². The average Bonchev–Trinajstić information content (AvgIpc) is 2.79. The molecule has 3 rings (SSSR count). The summed E-state index contributed by atoms with van der Waals surface area (Å²) in [7, 11) is 0. The normalized spacial score (nSPS) is 15.8. The van der Waals surface area contributed by atoms with Crippen LogP contribution >= 0.6 is 24.0 Å². The lowest BCUT2D eigenvalue weighted by Gasteiger charge is -2.34. The van der Waals surface area contributed by atoms with Crippen LogP contribution in [0.3, 0.4) is 0 Å². The van der Waals surface area contributed by atoms with Crippen molar-refractivity contribution in [3.05, 3.63) is 53.9 Å². The van der Waals surface area contributed by atoms with E-state index in [1.54, 1.807) is 12.4 Å². The van der Waals surface area contributed by atoms with E-state index in [9.17, 15) is 0 Å². The molecular weight excluding hydrogens is 501 g/mol. The molecule has 7 nitrogen and oxygen atoms in total. The van der Waals surface area contributed by atoms with Crippen molar-refractivity contribution in [1.82, 2.24) is 25.5 Å². The molecule has 2 heterocycles. The van der Waals surface area contributed by atoms with E-state index in [1.165, 1.54) is 11.1 Å². The number of aliphatic imine (C=N–C) groups is 1. The average molecular weight is 537 g/mol. The number of piperazine rings is 1. The number of aryl methyl sites for hydroxylation is 1. The maximum atomic E-state index is 4.80. The maximum Gasteiger partial charge on any atom is 0.225 e. The lowest BCUT2D eigenvalue weighted by Crippen LogP contribution is -2.49. The fraction of sp³-hybridized carbons (Fsp3) is 0.522. The summed E-state index contributed by atoms with van der Waals surface area (Å²) in [5.41, 5.74) is 2.63. The van der Waals surface area contributed by atoms with Crippen LogP contribution in [-0.4, -0.2) is 73.2 Å². The third-order valence-corrected chi connectivity index (χ3v) is 5.44. The Morgan fingerprint density at radius 1 is 1.06 bits per heavy atom. The lowest BCUT2D eigenvalue weighted by atomic mass is 10.0. The zero-order valence-corrected chi connectivity index (χ0v) is 21.3. The highest BCUT2D eigenvalue weighted by Gasteiger charge is 2.18. The van der Waals surface area contributed by atoms with E-state index in [0.717, 1.165) is 64.3 Å². The number of guanidine groups is 1. The number of anilines is 1. The molecule has 1 aliphatic rings. The number of rotatable bonds is 8. The van der Waals surface area contributed by atoms with Gasteiger partial charge in [-0.15, -0.1) is 24.0 Å². The quantitative estimate of drug-likeness (QED) is 0.307. The number of nitrogens with one attached hydrogen (secondary N) is 2. The summed E-state index contributed by atoms with van der Waals surface area (Å²) < 4.78 is 0. The van der Waals surface area contributed by atoms with Crippen LogP contribution in [0.2, 0.25) is 0 Å². The Bertz CT molecular complexity index is 774. The minimum atomic E-state index is 0. The SMILES string of the molecule is CCNC(=NCC(C)c1ccc(C)cc1)NCCN1CCN(c2ncccn2)CC1.I. The third-order valence-electron chi connectivity index (χ3n) is 5.44. The van der Waals surface area contributed by atoms with E-state index in [2.05, 4.69) is 75.4 Å². The number of hydrogen-bond donors (Lipinski definition) is 2. The van der Waals surface area contributed by atoms with Gasteiger partial charge in [0, 0.05) is 70.7 Å². The molecule has 1 unspecified atom stereocenters. The Labute approximate surface area is 203 Å². The molecule has 0 aliphatic carbocycles. The maximum absolute atomic E-state index is 4.80. The number of hydrogen-bond acceptors (Lipinski definition) is 5. The second-order valence-corrected chi connectivity index (χ2v) is 7.84. The van der Waals surface area contributed by atoms with Crippen LogP contribution in [-0.2, 0) is 0 Å². The Morgan fingerprint density at radius 2 is 1.74 bits per heavy atom. The molecule has 1 aromatic carbocycles. The molecule has 8 heteroatoms. The minimum absolute atomic E-state index is 0. The van der Waals surface area contributed by atoms with E-state index < -0.39 is 0 Å². The molecule has 31 heavy (non-hydrogen) atoms. The molecule has 0 radical (unpaired) electrons. The Morgan fingerprint density at radius 3 is 2.39 bits per heavy atom. The van der Waals surface area contributed by atoms with Gasteiger partial charge in [0.1, 0.15) is 0 Å². The van der Waals surface area contributed by atoms with E-state index in [0.29, 0.717) is 5.92 Å². The summed E-state index contributed by atoms with van der Waals surface area (Å²) >= 11 is 0. The first-order valence-corrected chi connectivity index (χ1v) is 11.0. The highest BCUT2D eigenvalue weighted by atomic mass is 127. The molecule has 2 N–H and O–H groups in total. The summed E-state index contributed by atoms with van der Waals surface area (Å²) in [6.07, 6.45) is 3.61. The van der Waals surface area contributed by atoms with Crippen molar-refractivity contribution < 1.29 is 0 Å². The summed E-state index contributed by atoms with van der Waals surface area (Å²) in [5, 5.41) is 6.85. The van der Waals surface area contributed by atoms with Gasteiger partial charge in [-0.05, 0) is 25.5 Å². The molecule has 1 fully saturated rings. The largest absolute Gasteiger partial charge is 0.357 e. The van der Waals surface area contributed by atoms with Gasteiger partial charge in [-0.25, -0.2) is 9.97 Å². The minimum Gasteiger partial charge on any atom is -0.357 e. The standard InChI is InChI=1S/C23H35N7.HI/c1-4-24-22(28-18-20(3)21-8-6-19(2)7-9-21)25-12-13-29-14-16-30(17-15-29)23-26-10-5-11-27-23;/h5-11,20H,4,12-18H2,1-3H3,(H2,24,25,28);1H. The zero-order valence-electron chi connectivity index (χ0n) is 18.9. The Kier molecular flexibility index (Phi) is 11.0. The molecule has 0 amide bonds. The van der Waals surface area contributed by atoms with Crippen molar-refractivity contribution in [2.45, 2.75) is 26.7 Å². The predicted molar refractivity (Wildman–Crippen MR) is 140 cm³/mol. The second-order valence-electron chi connectivity index (χ2n) is 7.84. The summed E-state index contributed by atoms with van der Waals surface area (Å²) in [6, 6.07) is 10.6. The summed E-state index contributed by atoms with van der Waals surface area (Å²) in [5.74, 6) is 2.13. The van der Waals surface area contributed by atoms with Crippen LogP contribution in [0.5, 0.6) is 0 Å². The molecule has 0 bridgehead atoms. The van der Waals surface area contributed by atoms with Gasteiger partial charge in [-0.2, -0.15) is 0 Å². The van der Waals surface area contributed by atoms with E-state index in [4.69, 9.17) is 4.99 Å². The van der Waals surface area contributed by atoms with Gasteiger partial charge < -0.3 is 15.5 Å². The van der Waals surface area contributed by atoms with Crippen molar-refractivity contribution in [1.29, 1.82) is 0 Å². The Balaban J connectivity index is 0.00000341. The number of halogens is 1. The molecule has 2 aromatic rings. The molecule has 0 spiro atoms. The topological polar surface area (TPSA) is 68.7 Å². The predicted octanol–water partition coefficient (Wildman–Crippen LogP) is 2.88. The molecule has 1 aliphatic heterocycles. The fourth-order valence-corrected chi connectivity index (χ4v) is 3.53. The molecule has 1 saturated heterocycles. The first-order valence-electron chi connectivity index (χ1n) is 11.0. The van der Waals surface area contributed by atoms with E-state index in [1.807, 2.05) is 6.07 Å². The monoisotopic (exact) mass is 537 g/mol. The van der Waals surface area contributed by atoms with Crippen LogP contribution in [0.15, 0.2) is 47.7 Å². The van der Waals surface area contributed by atoms with E-state index in [-0.39, 0.29) is 24.0 Å². The lowest BCUT2D eigenvalue weighted by molar-refractivity contribution is 0.260. The Hall–Kier alpha value is -1.94. The molecular formula is C23H36IN7. The zero-order chi connectivity index (χ0) is 21.2. The van der Waals surface area contributed by atoms with Gasteiger partial charge >= 0.3 is 0 Å². The van der Waals surface area contributed by atoms with Gasteiger partial charge in [0.25, 0.3) is 0 Å². The highest BCUT2D eigenvalue weighted by Crippen LogP contribution is 2.16. The van der Waals surface area contributed by atoms with Crippen molar-refractivity contribution >= 4 is 35.9 Å². The van der Waals surface area contributed by atoms with Crippen molar-refractivity contribution in [2.75, 3.05) is 57.3 Å². The summed E-state index contributed by atoms with van der Waals surface area (Å²) in [4.78, 5) is 18.2. The number of benzene rings is 1. The van der Waals surface area contributed by atoms with Gasteiger partial charge in [0.15, 0.2) is 5.96 Å². The fourth-order valence-electron chi connectivity index (χ4n) is 3.53. The molecule has 170 valence electrons. The first kappa shape index (κ1) is 25.3. The van der Waals surface area contributed by atoms with Crippen LogP contribution in [0.1, 0.15) is 30.9 Å².